The molecule has 0 fully saturated rings. The standard InChI is InChI=1S/C27H33N5O5S2/c1-8-13-32-23(16(3)37-18-11-9-17(10-12-18)27(4,5)6)30-31-26(32)38-14-19(33)29-24-20(25(35)36-7)15(2)21(39-24)22(28)34/h8-12,16H,1,13-14H2,2-7H3,(H2,28,34)(H,29,33). The van der Waals surface area contributed by atoms with Gasteiger partial charge in [-0.15, -0.1) is 28.1 Å². The van der Waals surface area contributed by atoms with E-state index < -0.39 is 23.9 Å². The average molecular weight is 572 g/mol. The van der Waals surface area contributed by atoms with Gasteiger partial charge in [0, 0.05) is 6.54 Å². The second-order valence-electron chi connectivity index (χ2n) is 9.73. The molecule has 2 aromatic heterocycles. The number of rotatable bonds is 11. The molecular formula is C27H33N5O5S2. The Morgan fingerprint density at radius 2 is 1.90 bits per heavy atom. The van der Waals surface area contributed by atoms with Crippen LogP contribution in [0.5, 0.6) is 5.75 Å². The number of carbonyl (C=O) groups is 3. The van der Waals surface area contributed by atoms with Gasteiger partial charge in [-0.1, -0.05) is 50.7 Å². The number of nitrogens with two attached hydrogens (primary N) is 1. The third kappa shape index (κ3) is 7.07. The van der Waals surface area contributed by atoms with Crippen molar-refractivity contribution < 1.29 is 23.9 Å². The fourth-order valence-corrected chi connectivity index (χ4v) is 5.59. The molecule has 3 aromatic rings. The van der Waals surface area contributed by atoms with E-state index in [1.807, 2.05) is 35.8 Å². The summed E-state index contributed by atoms with van der Waals surface area (Å²) in [4.78, 5) is 37.0. The topological polar surface area (TPSA) is 138 Å². The van der Waals surface area contributed by atoms with Gasteiger partial charge in [-0.2, -0.15) is 0 Å². The van der Waals surface area contributed by atoms with Crippen molar-refractivity contribution in [2.24, 2.45) is 5.73 Å². The number of nitrogens with one attached hydrogen (secondary N) is 1. The molecule has 1 atom stereocenters. The van der Waals surface area contributed by atoms with Crippen molar-refractivity contribution >= 4 is 45.9 Å². The summed E-state index contributed by atoms with van der Waals surface area (Å²) >= 11 is 2.10. The number of allylic oxidation sites excluding steroid dienone is 1. The summed E-state index contributed by atoms with van der Waals surface area (Å²) in [5, 5.41) is 12.0. The molecule has 0 spiro atoms. The van der Waals surface area contributed by atoms with E-state index in [2.05, 4.69) is 42.9 Å². The first-order valence-corrected chi connectivity index (χ1v) is 13.9. The van der Waals surface area contributed by atoms with Crippen molar-refractivity contribution in [3.8, 4) is 5.75 Å². The van der Waals surface area contributed by atoms with Gasteiger partial charge in [0.05, 0.1) is 23.3 Å². The number of thioether (sulfide) groups is 1. The van der Waals surface area contributed by atoms with Crippen LogP contribution in [0, 0.1) is 6.92 Å². The molecule has 39 heavy (non-hydrogen) atoms. The minimum atomic E-state index is -0.691. The van der Waals surface area contributed by atoms with Crippen molar-refractivity contribution in [1.29, 1.82) is 0 Å². The largest absolute Gasteiger partial charge is 0.483 e. The highest BCUT2D eigenvalue weighted by Gasteiger charge is 2.26. The fraction of sp³-hybridized carbons (Fsp3) is 0.370. The minimum Gasteiger partial charge on any atom is -0.483 e. The van der Waals surface area contributed by atoms with Crippen molar-refractivity contribution in [2.45, 2.75) is 57.8 Å². The zero-order valence-corrected chi connectivity index (χ0v) is 24.5. The Balaban J connectivity index is 1.73. The molecule has 0 aliphatic rings. The number of anilines is 1. The summed E-state index contributed by atoms with van der Waals surface area (Å²) in [5.74, 6) is -0.491. The molecule has 2 amide bonds. The van der Waals surface area contributed by atoms with Gasteiger partial charge in [-0.25, -0.2) is 4.79 Å². The Kier molecular flexibility index (Phi) is 9.57. The molecule has 0 aliphatic heterocycles. The average Bonchev–Trinajstić information content (AvgIpc) is 3.42. The second-order valence-corrected chi connectivity index (χ2v) is 11.7. The highest BCUT2D eigenvalue weighted by molar-refractivity contribution is 7.99. The highest BCUT2D eigenvalue weighted by Crippen LogP contribution is 2.34. The van der Waals surface area contributed by atoms with E-state index in [-0.39, 0.29) is 26.6 Å². The number of aromatic nitrogens is 3. The lowest BCUT2D eigenvalue weighted by Gasteiger charge is -2.20. The number of hydrogen-bond donors (Lipinski definition) is 2. The van der Waals surface area contributed by atoms with E-state index in [4.69, 9.17) is 15.2 Å². The summed E-state index contributed by atoms with van der Waals surface area (Å²) in [6.07, 6.45) is 1.30. The van der Waals surface area contributed by atoms with Crippen LogP contribution >= 0.6 is 23.1 Å². The first kappa shape index (κ1) is 29.9. The van der Waals surface area contributed by atoms with Crippen molar-refractivity contribution in [3.63, 3.8) is 0 Å². The van der Waals surface area contributed by atoms with Crippen LogP contribution in [-0.4, -0.2) is 45.4 Å². The zero-order valence-electron chi connectivity index (χ0n) is 22.9. The molecule has 208 valence electrons. The lowest BCUT2D eigenvalue weighted by molar-refractivity contribution is -0.113. The second kappa shape index (κ2) is 12.5. The number of methoxy groups -OCH3 is 1. The number of ether oxygens (including phenoxy) is 2. The van der Waals surface area contributed by atoms with Gasteiger partial charge in [-0.3, -0.25) is 14.2 Å². The van der Waals surface area contributed by atoms with Crippen LogP contribution in [0.15, 0.2) is 42.1 Å². The van der Waals surface area contributed by atoms with Crippen LogP contribution in [0.1, 0.15) is 70.8 Å². The van der Waals surface area contributed by atoms with E-state index in [9.17, 15) is 14.4 Å². The summed E-state index contributed by atoms with van der Waals surface area (Å²) in [6.45, 7) is 14.2. The number of carbonyl (C=O) groups excluding carboxylic acids is 3. The first-order chi connectivity index (χ1) is 18.4. The smallest absolute Gasteiger partial charge is 0.341 e. The lowest BCUT2D eigenvalue weighted by Crippen LogP contribution is -2.17. The summed E-state index contributed by atoms with van der Waals surface area (Å²) in [6, 6.07) is 7.96. The van der Waals surface area contributed by atoms with Crippen LogP contribution in [-0.2, 0) is 21.5 Å². The van der Waals surface area contributed by atoms with Crippen LogP contribution in [0.4, 0.5) is 5.00 Å². The molecule has 1 unspecified atom stereocenters. The third-order valence-corrected chi connectivity index (χ3v) is 7.99. The van der Waals surface area contributed by atoms with Gasteiger partial charge >= 0.3 is 5.97 Å². The molecule has 3 N–H and O–H groups in total. The van der Waals surface area contributed by atoms with Gasteiger partial charge in [0.25, 0.3) is 5.91 Å². The Bertz CT molecular complexity index is 1370. The van der Waals surface area contributed by atoms with Crippen molar-refractivity contribution in [3.05, 3.63) is 64.3 Å². The summed E-state index contributed by atoms with van der Waals surface area (Å²) < 4.78 is 12.8. The Hall–Kier alpha value is -3.64. The van der Waals surface area contributed by atoms with E-state index >= 15 is 0 Å². The maximum Gasteiger partial charge on any atom is 0.341 e. The Morgan fingerprint density at radius 3 is 2.46 bits per heavy atom. The first-order valence-electron chi connectivity index (χ1n) is 12.1. The van der Waals surface area contributed by atoms with Gasteiger partial charge in [0.1, 0.15) is 10.8 Å². The predicted octanol–water partition coefficient (Wildman–Crippen LogP) is 4.89. The molecule has 0 saturated heterocycles. The van der Waals surface area contributed by atoms with E-state index in [0.29, 0.717) is 28.8 Å². The third-order valence-electron chi connectivity index (χ3n) is 5.80. The number of amides is 2. The van der Waals surface area contributed by atoms with Crippen molar-refractivity contribution in [1.82, 2.24) is 14.8 Å². The lowest BCUT2D eigenvalue weighted by atomic mass is 9.87. The molecule has 0 bridgehead atoms. The van der Waals surface area contributed by atoms with Crippen LogP contribution in [0.25, 0.3) is 0 Å². The van der Waals surface area contributed by atoms with Crippen LogP contribution in [0.3, 0.4) is 0 Å². The minimum absolute atomic E-state index is 0.0256. The molecule has 10 nitrogen and oxygen atoms in total. The molecule has 3 rings (SSSR count). The number of thiophene rings is 1. The SMILES string of the molecule is C=CCn1c(SCC(=O)Nc2sc(C(N)=O)c(C)c2C(=O)OC)nnc1C(C)Oc1ccc(C(C)(C)C)cc1. The fourth-order valence-electron chi connectivity index (χ4n) is 3.78. The van der Waals surface area contributed by atoms with Gasteiger partial charge < -0.3 is 20.5 Å². The molecule has 0 aliphatic carbocycles. The van der Waals surface area contributed by atoms with Gasteiger partial charge in [-0.05, 0) is 42.5 Å². The van der Waals surface area contributed by atoms with Crippen molar-refractivity contribution in [2.75, 3.05) is 18.2 Å². The number of esters is 1. The maximum atomic E-state index is 12.8. The molecule has 1 aromatic carbocycles. The molecule has 0 saturated carbocycles. The molecule has 2 heterocycles. The monoisotopic (exact) mass is 571 g/mol. The quantitative estimate of drug-likeness (QED) is 0.189. The Morgan fingerprint density at radius 1 is 1.23 bits per heavy atom. The summed E-state index contributed by atoms with van der Waals surface area (Å²) in [7, 11) is 1.22. The van der Waals surface area contributed by atoms with Crippen LogP contribution < -0.4 is 15.8 Å². The molecule has 12 heteroatoms. The summed E-state index contributed by atoms with van der Waals surface area (Å²) in [5.41, 5.74) is 7.13. The number of nitrogens with zero attached hydrogens (tertiary/aromatic N) is 3. The number of hydrogen-bond acceptors (Lipinski definition) is 9. The highest BCUT2D eigenvalue weighted by atomic mass is 32.2. The van der Waals surface area contributed by atoms with E-state index in [1.165, 1.54) is 24.4 Å². The predicted molar refractivity (Wildman–Crippen MR) is 153 cm³/mol. The zero-order chi connectivity index (χ0) is 28.9. The van der Waals surface area contributed by atoms with Crippen LogP contribution in [0.2, 0.25) is 0 Å². The number of primary amides is 1. The van der Waals surface area contributed by atoms with Gasteiger partial charge in [0.2, 0.25) is 5.91 Å². The molecule has 0 radical (unpaired) electrons. The Labute approximate surface area is 236 Å². The van der Waals surface area contributed by atoms with Gasteiger partial charge in [0.15, 0.2) is 17.1 Å². The normalized spacial score (nSPS) is 12.1. The maximum absolute atomic E-state index is 12.8. The van der Waals surface area contributed by atoms with E-state index in [1.54, 1.807) is 13.0 Å². The molecular weight excluding hydrogens is 538 g/mol. The number of benzene rings is 1. The van der Waals surface area contributed by atoms with E-state index in [0.717, 1.165) is 11.3 Å².